The van der Waals surface area contributed by atoms with Crippen molar-refractivity contribution in [3.8, 4) is 0 Å². The molecule has 1 amide bonds. The fourth-order valence-corrected chi connectivity index (χ4v) is 3.30. The Labute approximate surface area is 126 Å². The lowest BCUT2D eigenvalue weighted by Crippen LogP contribution is -2.31. The fraction of sp³-hybridized carbons (Fsp3) is 0.385. The van der Waals surface area contributed by atoms with Gasteiger partial charge in [-0.3, -0.25) is 9.59 Å². The molecule has 0 aromatic heterocycles. The molecule has 2 rings (SSSR count). The van der Waals surface area contributed by atoms with Gasteiger partial charge in [0.1, 0.15) is 9.84 Å². The number of Topliss-reactive ketones (excluding diaryl/α,β-unsaturated/α-hetero) is 1. The van der Waals surface area contributed by atoms with E-state index in [4.69, 9.17) is 0 Å². The molecule has 108 valence electrons. The molecule has 0 bridgehead atoms. The van der Waals surface area contributed by atoms with Crippen molar-refractivity contribution in [2.45, 2.75) is 13.3 Å². The van der Waals surface area contributed by atoms with E-state index in [2.05, 4.69) is 15.9 Å². The monoisotopic (exact) mass is 359 g/mol. The summed E-state index contributed by atoms with van der Waals surface area (Å²) in [5.74, 6) is -1.02. The summed E-state index contributed by atoms with van der Waals surface area (Å²) < 4.78 is 23.6. The maximum atomic E-state index is 11.9. The molecule has 1 aromatic rings. The van der Waals surface area contributed by atoms with Crippen LogP contribution < -0.4 is 4.90 Å². The zero-order valence-corrected chi connectivity index (χ0v) is 13.3. The van der Waals surface area contributed by atoms with Crippen LogP contribution in [0.15, 0.2) is 22.7 Å². The highest BCUT2D eigenvalue weighted by Gasteiger charge is 2.35. The van der Waals surface area contributed by atoms with Crippen LogP contribution in [-0.2, 0) is 14.6 Å². The minimum atomic E-state index is -3.06. The summed E-state index contributed by atoms with van der Waals surface area (Å²) in [6, 6.07) is 5.05. The Morgan fingerprint density at radius 1 is 1.25 bits per heavy atom. The number of benzene rings is 1. The molecule has 0 radical (unpaired) electrons. The first-order chi connectivity index (χ1) is 9.35. The minimum absolute atomic E-state index is 0.0212. The van der Waals surface area contributed by atoms with Crippen LogP contribution in [-0.4, -0.2) is 38.2 Å². The van der Waals surface area contributed by atoms with Crippen LogP contribution in [0.2, 0.25) is 0 Å². The molecule has 7 heteroatoms. The van der Waals surface area contributed by atoms with E-state index in [9.17, 15) is 18.0 Å². The number of rotatable bonds is 5. The lowest BCUT2D eigenvalue weighted by Gasteiger charge is -2.16. The fourth-order valence-electron chi connectivity index (χ4n) is 2.08. The molecule has 0 unspecified atom stereocenters. The number of sulfone groups is 1. The Hall–Kier alpha value is -1.21. The van der Waals surface area contributed by atoms with Crippen molar-refractivity contribution in [3.63, 3.8) is 0 Å². The van der Waals surface area contributed by atoms with E-state index in [-0.39, 0.29) is 18.1 Å². The third-order valence-corrected chi connectivity index (χ3v) is 5.49. The molecule has 0 fully saturated rings. The Bertz CT molecular complexity index is 669. The Balaban J connectivity index is 2.15. The first kappa shape index (κ1) is 15.2. The molecule has 0 atom stereocenters. The van der Waals surface area contributed by atoms with Crippen LogP contribution in [0.3, 0.4) is 0 Å². The third kappa shape index (κ3) is 2.93. The van der Waals surface area contributed by atoms with E-state index in [1.807, 2.05) is 0 Å². The molecule has 5 nitrogen and oxygen atoms in total. The van der Waals surface area contributed by atoms with Crippen molar-refractivity contribution in [2.75, 3.05) is 23.0 Å². The van der Waals surface area contributed by atoms with Crippen molar-refractivity contribution >= 4 is 43.1 Å². The van der Waals surface area contributed by atoms with Gasteiger partial charge < -0.3 is 4.90 Å². The van der Waals surface area contributed by atoms with Crippen LogP contribution in [0.25, 0.3) is 0 Å². The van der Waals surface area contributed by atoms with Gasteiger partial charge in [0.25, 0.3) is 11.7 Å². The number of anilines is 1. The Morgan fingerprint density at radius 2 is 1.95 bits per heavy atom. The van der Waals surface area contributed by atoms with Crippen molar-refractivity contribution in [2.24, 2.45) is 0 Å². The molecule has 0 N–H and O–H groups in total. The highest BCUT2D eigenvalue weighted by Crippen LogP contribution is 2.31. The number of nitrogens with zero attached hydrogens (tertiary/aromatic N) is 1. The van der Waals surface area contributed by atoms with E-state index in [0.717, 1.165) is 4.47 Å². The van der Waals surface area contributed by atoms with Crippen LogP contribution in [0.1, 0.15) is 23.7 Å². The summed E-state index contributed by atoms with van der Waals surface area (Å²) in [6.45, 7) is 1.82. The molecule has 1 aliphatic rings. The number of hydrogen-bond acceptors (Lipinski definition) is 4. The summed E-state index contributed by atoms with van der Waals surface area (Å²) in [4.78, 5) is 25.1. The highest BCUT2D eigenvalue weighted by atomic mass is 79.9. The van der Waals surface area contributed by atoms with E-state index >= 15 is 0 Å². The molecule has 0 aliphatic carbocycles. The molecule has 1 aromatic carbocycles. The number of fused-ring (bicyclic) bond motifs is 1. The molecule has 1 heterocycles. The molecular weight excluding hydrogens is 346 g/mol. The second kappa shape index (κ2) is 5.65. The lowest BCUT2D eigenvalue weighted by atomic mass is 10.1. The number of amides is 1. The van der Waals surface area contributed by atoms with E-state index in [1.54, 1.807) is 25.1 Å². The van der Waals surface area contributed by atoms with Gasteiger partial charge in [-0.15, -0.1) is 0 Å². The highest BCUT2D eigenvalue weighted by molar-refractivity contribution is 9.10. The summed E-state index contributed by atoms with van der Waals surface area (Å²) in [7, 11) is -3.06. The smallest absolute Gasteiger partial charge is 0.299 e. The van der Waals surface area contributed by atoms with E-state index in [1.165, 1.54) is 4.90 Å². The molecule has 0 saturated carbocycles. The van der Waals surface area contributed by atoms with Crippen LogP contribution >= 0.6 is 15.9 Å². The Morgan fingerprint density at radius 3 is 2.60 bits per heavy atom. The van der Waals surface area contributed by atoms with Gasteiger partial charge in [-0.1, -0.05) is 22.9 Å². The predicted octanol–water partition coefficient (Wildman–Crippen LogP) is 1.80. The molecule has 1 aliphatic heterocycles. The maximum Gasteiger partial charge on any atom is 0.299 e. The summed E-state index contributed by atoms with van der Waals surface area (Å²) >= 11 is 3.26. The van der Waals surface area contributed by atoms with Gasteiger partial charge in [-0.2, -0.15) is 0 Å². The van der Waals surface area contributed by atoms with Gasteiger partial charge >= 0.3 is 0 Å². The first-order valence-electron chi connectivity index (χ1n) is 6.22. The van der Waals surface area contributed by atoms with Gasteiger partial charge in [0, 0.05) is 16.8 Å². The molecular formula is C13H14BrNO4S. The number of hydrogen-bond donors (Lipinski definition) is 0. The third-order valence-electron chi connectivity index (χ3n) is 3.21. The number of ketones is 1. The SMILES string of the molecule is CCS(=O)(=O)CCCN1C(=O)C(=O)c2cc(Br)ccc21. The molecule has 20 heavy (non-hydrogen) atoms. The lowest BCUT2D eigenvalue weighted by molar-refractivity contribution is -0.114. The normalized spacial score (nSPS) is 14.8. The number of carbonyl (C=O) groups is 2. The number of carbonyl (C=O) groups excluding carboxylic acids is 2. The standard InChI is InChI=1S/C13H14BrNO4S/c1-2-20(18,19)7-3-6-15-11-5-4-9(14)8-10(11)12(16)13(15)17/h4-5,8H,2-3,6-7H2,1H3. The topological polar surface area (TPSA) is 71.5 Å². The summed E-state index contributed by atoms with van der Waals surface area (Å²) in [5, 5.41) is 0. The van der Waals surface area contributed by atoms with Crippen LogP contribution in [0.5, 0.6) is 0 Å². The van der Waals surface area contributed by atoms with Gasteiger partial charge in [0.15, 0.2) is 0 Å². The van der Waals surface area contributed by atoms with Crippen molar-refractivity contribution < 1.29 is 18.0 Å². The summed E-state index contributed by atoms with van der Waals surface area (Å²) in [6.07, 6.45) is 0.324. The number of halogens is 1. The van der Waals surface area contributed by atoms with Gasteiger partial charge in [0.05, 0.1) is 17.0 Å². The van der Waals surface area contributed by atoms with E-state index < -0.39 is 21.5 Å². The van der Waals surface area contributed by atoms with Crippen molar-refractivity contribution in [3.05, 3.63) is 28.2 Å². The van der Waals surface area contributed by atoms with Gasteiger partial charge in [0.2, 0.25) is 0 Å². The minimum Gasteiger partial charge on any atom is -0.305 e. The first-order valence-corrected chi connectivity index (χ1v) is 8.83. The maximum absolute atomic E-state index is 11.9. The summed E-state index contributed by atoms with van der Waals surface area (Å²) in [5.41, 5.74) is 0.917. The van der Waals surface area contributed by atoms with Crippen molar-refractivity contribution in [1.82, 2.24) is 0 Å². The zero-order valence-electron chi connectivity index (χ0n) is 10.9. The largest absolute Gasteiger partial charge is 0.305 e. The van der Waals surface area contributed by atoms with Crippen LogP contribution in [0, 0.1) is 0 Å². The predicted molar refractivity (Wildman–Crippen MR) is 79.8 cm³/mol. The second-order valence-corrected chi connectivity index (χ2v) is 7.93. The van der Waals surface area contributed by atoms with Gasteiger partial charge in [-0.25, -0.2) is 8.42 Å². The van der Waals surface area contributed by atoms with Crippen LogP contribution in [0.4, 0.5) is 5.69 Å². The second-order valence-electron chi connectivity index (χ2n) is 4.54. The van der Waals surface area contributed by atoms with Crippen molar-refractivity contribution in [1.29, 1.82) is 0 Å². The average Bonchev–Trinajstić information content (AvgIpc) is 2.63. The quantitative estimate of drug-likeness (QED) is 0.751. The average molecular weight is 360 g/mol. The zero-order chi connectivity index (χ0) is 14.9. The molecule has 0 saturated heterocycles. The van der Waals surface area contributed by atoms with E-state index in [0.29, 0.717) is 17.7 Å². The molecule has 0 spiro atoms. The van der Waals surface area contributed by atoms with Gasteiger partial charge in [-0.05, 0) is 24.6 Å². The Kier molecular flexibility index (Phi) is 4.29.